The smallest absolute Gasteiger partial charge is 0.217 e. The summed E-state index contributed by atoms with van der Waals surface area (Å²) >= 11 is 0. The molecule has 5 nitrogen and oxygen atoms in total. The van der Waals surface area contributed by atoms with Crippen LogP contribution in [0.15, 0.2) is 263 Å². The molecule has 5 heterocycles. The van der Waals surface area contributed by atoms with Crippen molar-refractivity contribution in [2.24, 2.45) is 11.3 Å². The van der Waals surface area contributed by atoms with Gasteiger partial charge in [-0.15, -0.1) is 0 Å². The molecule has 18 rings (SSSR count). The number of fused-ring (bicyclic) bond motifs is 20. The van der Waals surface area contributed by atoms with Crippen LogP contribution in [-0.4, -0.2) is 13.7 Å². The lowest BCUT2D eigenvalue weighted by Gasteiger charge is -2.50. The predicted molar refractivity (Wildman–Crippen MR) is 359 cm³/mol. The van der Waals surface area contributed by atoms with E-state index in [0.717, 1.165) is 126 Å². The fraction of sp³-hybridized carbons (Fsp3) is 0.136. The maximum Gasteiger partial charge on any atom is 0.217 e. The van der Waals surface area contributed by atoms with Gasteiger partial charge in [0.15, 0.2) is 0 Å². The van der Waals surface area contributed by atoms with Gasteiger partial charge in [-0.05, 0) is 137 Å². The molecule has 0 saturated heterocycles. The van der Waals surface area contributed by atoms with Crippen LogP contribution in [0.5, 0.6) is 0 Å². The summed E-state index contributed by atoms with van der Waals surface area (Å²) in [5, 5.41) is 10.1. The first-order valence-corrected chi connectivity index (χ1v) is 30.7. The normalized spacial score (nSPS) is 16.4. The number of para-hydroxylation sites is 6. The van der Waals surface area contributed by atoms with Crippen LogP contribution in [0.4, 0.5) is 8.78 Å². The zero-order valence-electron chi connectivity index (χ0n) is 49.4. The van der Waals surface area contributed by atoms with E-state index in [4.69, 9.17) is 8.83 Å². The summed E-state index contributed by atoms with van der Waals surface area (Å²) < 4.78 is 59.2. The second-order valence-corrected chi connectivity index (χ2v) is 25.7. The number of alkyl halides is 1. The molecular weight excluding hydrogens is 1080 g/mol. The van der Waals surface area contributed by atoms with Gasteiger partial charge in [0.1, 0.15) is 28.1 Å². The number of nitrogens with zero attached hydrogens (tertiary/aromatic N) is 3. The van der Waals surface area contributed by atoms with Gasteiger partial charge in [0.25, 0.3) is 0 Å². The largest absolute Gasteiger partial charge is 0.456 e. The van der Waals surface area contributed by atoms with Gasteiger partial charge < -0.3 is 22.5 Å². The molecule has 11 aromatic carbocycles. The van der Waals surface area contributed by atoms with Crippen molar-refractivity contribution >= 4 is 121 Å². The highest BCUT2D eigenvalue weighted by Gasteiger charge is 2.55. The van der Waals surface area contributed by atoms with Crippen molar-refractivity contribution in [3.05, 3.63) is 276 Å². The molecule has 0 aliphatic heterocycles. The van der Waals surface area contributed by atoms with Gasteiger partial charge in [-0.3, -0.25) is 0 Å². The van der Waals surface area contributed by atoms with Crippen molar-refractivity contribution < 1.29 is 17.6 Å². The van der Waals surface area contributed by atoms with Gasteiger partial charge in [0.05, 0.1) is 33.3 Å². The third kappa shape index (κ3) is 6.73. The molecule has 2 aliphatic carbocycles. The van der Waals surface area contributed by atoms with Crippen LogP contribution in [0.2, 0.25) is 0 Å². The molecule has 0 fully saturated rings. The topological polar surface area (TPSA) is 41.1 Å². The van der Waals surface area contributed by atoms with Gasteiger partial charge in [-0.2, -0.15) is 0 Å². The third-order valence-corrected chi connectivity index (χ3v) is 20.7. The Bertz CT molecular complexity index is 5640. The van der Waals surface area contributed by atoms with Crippen molar-refractivity contribution in [3.63, 3.8) is 0 Å². The minimum atomic E-state index is -2.38. The fourth-order valence-corrected chi connectivity index (χ4v) is 16.6. The lowest BCUT2D eigenvalue weighted by molar-refractivity contribution is 0.141. The molecule has 7 heteroatoms. The molecule has 5 aromatic heterocycles. The molecule has 424 valence electrons. The number of hydrogen-bond acceptors (Lipinski definition) is 2. The van der Waals surface area contributed by atoms with Crippen molar-refractivity contribution in [3.8, 4) is 11.1 Å². The molecule has 0 saturated carbocycles. The highest BCUT2D eigenvalue weighted by molar-refractivity contribution is 6.29. The standard InChI is InChI=1S/C81H59F2N3O2/c1-47(71-54-26-8-6-22-50(54)51-23-7-9-27-55(51)71)79(2,3)77-76(48-38-40-49(82)41-39-48)81(83,86-64-35-19-13-29-57(64)73-66(86)43-45-70-75(73)59-31-15-21-37-68(59)88-70)46-60(80(4,5)85-62-33-17-10-24-52(62)53-25-11-18-34-63(53)85)78(77)84-61-32-16-12-28-56(61)72-65(84)42-44-69-74(72)58-30-14-20-36-67(58)87-69/h6-45,47,71H,46H2,1-5H3. The summed E-state index contributed by atoms with van der Waals surface area (Å²) in [6.07, 6.45) is -0.102. The summed E-state index contributed by atoms with van der Waals surface area (Å²) in [5.74, 6) is -3.07. The Balaban J connectivity index is 1.07. The van der Waals surface area contributed by atoms with Gasteiger partial charge in [-0.1, -0.05) is 191 Å². The minimum absolute atomic E-state index is 0.0960. The average molecular weight is 1140 g/mol. The van der Waals surface area contributed by atoms with E-state index in [1.54, 1.807) is 0 Å². The Morgan fingerprint density at radius 2 is 0.898 bits per heavy atom. The van der Waals surface area contributed by atoms with Gasteiger partial charge >= 0.3 is 0 Å². The number of hydrogen-bond donors (Lipinski definition) is 0. The van der Waals surface area contributed by atoms with Gasteiger partial charge in [0, 0.05) is 82.8 Å². The molecule has 0 N–H and O–H groups in total. The van der Waals surface area contributed by atoms with Crippen LogP contribution in [0.3, 0.4) is 0 Å². The number of aromatic nitrogens is 3. The maximum absolute atomic E-state index is 22.7. The maximum atomic E-state index is 22.7. The Hall–Kier alpha value is -10.2. The summed E-state index contributed by atoms with van der Waals surface area (Å²) in [6, 6.07) is 83.6. The third-order valence-electron chi connectivity index (χ3n) is 20.7. The summed E-state index contributed by atoms with van der Waals surface area (Å²) in [5.41, 5.74) is 15.4. The van der Waals surface area contributed by atoms with E-state index in [9.17, 15) is 0 Å². The number of furan rings is 2. The summed E-state index contributed by atoms with van der Waals surface area (Å²) in [7, 11) is 0. The van der Waals surface area contributed by atoms with Crippen LogP contribution in [-0.2, 0) is 11.3 Å². The molecule has 0 amide bonds. The van der Waals surface area contributed by atoms with Crippen LogP contribution in [0.1, 0.15) is 63.6 Å². The van der Waals surface area contributed by atoms with Crippen LogP contribution in [0, 0.1) is 17.2 Å². The van der Waals surface area contributed by atoms with Crippen molar-refractivity contribution in [1.82, 2.24) is 13.7 Å². The SMILES string of the molecule is CC(C1c2ccccc2-c2ccccc21)C(C)(C)C1=C(c2ccc(F)cc2)C(F)(n2c3ccccc3c3c4c(ccc32)oc2ccccc24)CC(C(C)(C)n2c3ccccc3c3ccccc32)=C1n1c2ccccc2c2c3c(ccc21)oc1ccccc13. The van der Waals surface area contributed by atoms with E-state index < -0.39 is 22.6 Å². The van der Waals surface area contributed by atoms with E-state index in [1.165, 1.54) is 34.4 Å². The van der Waals surface area contributed by atoms with E-state index in [-0.39, 0.29) is 18.3 Å². The highest BCUT2D eigenvalue weighted by atomic mass is 19.1. The lowest BCUT2D eigenvalue weighted by atomic mass is 9.60. The molecule has 0 spiro atoms. The number of benzene rings is 11. The molecule has 16 aromatic rings. The first kappa shape index (κ1) is 51.0. The molecule has 0 radical (unpaired) electrons. The fourth-order valence-electron chi connectivity index (χ4n) is 16.6. The summed E-state index contributed by atoms with van der Waals surface area (Å²) in [4.78, 5) is 0. The Kier molecular flexibility index (Phi) is 10.5. The molecule has 2 atom stereocenters. The minimum Gasteiger partial charge on any atom is -0.456 e. The Morgan fingerprint density at radius 1 is 0.443 bits per heavy atom. The molecule has 2 aliphatic rings. The lowest BCUT2D eigenvalue weighted by Crippen LogP contribution is -2.44. The number of rotatable bonds is 8. The van der Waals surface area contributed by atoms with Crippen LogP contribution < -0.4 is 0 Å². The predicted octanol–water partition coefficient (Wildman–Crippen LogP) is 22.2. The van der Waals surface area contributed by atoms with E-state index in [2.05, 4.69) is 220 Å². The van der Waals surface area contributed by atoms with E-state index in [0.29, 0.717) is 11.1 Å². The van der Waals surface area contributed by atoms with E-state index in [1.807, 2.05) is 59.2 Å². The summed E-state index contributed by atoms with van der Waals surface area (Å²) in [6.45, 7) is 11.7. The average Bonchev–Trinajstić information content (AvgIpc) is 1.29. The Labute approximate surface area is 506 Å². The Morgan fingerprint density at radius 3 is 1.48 bits per heavy atom. The zero-order valence-corrected chi connectivity index (χ0v) is 49.4. The van der Waals surface area contributed by atoms with Crippen molar-refractivity contribution in [2.45, 2.75) is 58.3 Å². The highest BCUT2D eigenvalue weighted by Crippen LogP contribution is 2.64. The van der Waals surface area contributed by atoms with Crippen molar-refractivity contribution in [2.75, 3.05) is 0 Å². The van der Waals surface area contributed by atoms with Gasteiger partial charge in [-0.25, -0.2) is 8.78 Å². The van der Waals surface area contributed by atoms with Gasteiger partial charge in [0.2, 0.25) is 5.79 Å². The quantitative estimate of drug-likeness (QED) is 0.152. The zero-order chi connectivity index (χ0) is 59.1. The molecule has 88 heavy (non-hydrogen) atoms. The van der Waals surface area contributed by atoms with Crippen LogP contribution in [0.25, 0.3) is 132 Å². The molecule has 0 bridgehead atoms. The van der Waals surface area contributed by atoms with Crippen LogP contribution >= 0.6 is 0 Å². The monoisotopic (exact) mass is 1140 g/mol. The number of halogens is 2. The second kappa shape index (κ2) is 18.2. The molecular formula is C81H59F2N3O2. The van der Waals surface area contributed by atoms with E-state index >= 15 is 8.78 Å². The second-order valence-electron chi connectivity index (χ2n) is 25.7. The molecule has 2 unspecified atom stereocenters. The first-order valence-electron chi connectivity index (χ1n) is 30.7. The van der Waals surface area contributed by atoms with Crippen molar-refractivity contribution in [1.29, 1.82) is 0 Å². The first-order chi connectivity index (χ1) is 42.9. The number of allylic oxidation sites excluding steroid dienone is 4.